The van der Waals surface area contributed by atoms with Crippen molar-refractivity contribution in [1.82, 2.24) is 4.57 Å². The Morgan fingerprint density at radius 1 is 1.14 bits per heavy atom. The van der Waals surface area contributed by atoms with E-state index in [-0.39, 0.29) is 22.7 Å². The molecule has 1 aromatic heterocycles. The second kappa shape index (κ2) is 8.79. The lowest BCUT2D eigenvalue weighted by Crippen LogP contribution is -2.29. The highest BCUT2D eigenvalue weighted by molar-refractivity contribution is 6.31. The lowest BCUT2D eigenvalue weighted by molar-refractivity contribution is 0.102. The third-order valence-electron chi connectivity index (χ3n) is 4.31. The van der Waals surface area contributed by atoms with Gasteiger partial charge in [-0.15, -0.1) is 0 Å². The fourth-order valence-electron chi connectivity index (χ4n) is 2.78. The van der Waals surface area contributed by atoms with Gasteiger partial charge in [0.25, 0.3) is 11.5 Å². The number of hydrogen-bond donors (Lipinski definition) is 1. The molecule has 6 nitrogen and oxygen atoms in total. The molecule has 0 bridgehead atoms. The van der Waals surface area contributed by atoms with Gasteiger partial charge in [-0.1, -0.05) is 17.7 Å². The molecule has 0 aliphatic heterocycles. The molecule has 0 spiro atoms. The summed E-state index contributed by atoms with van der Waals surface area (Å²) in [6.07, 6.45) is 1.47. The minimum atomic E-state index is -0.618. The van der Waals surface area contributed by atoms with Gasteiger partial charge in [0.15, 0.2) is 0 Å². The van der Waals surface area contributed by atoms with Gasteiger partial charge < -0.3 is 19.4 Å². The summed E-state index contributed by atoms with van der Waals surface area (Å²) in [4.78, 5) is 25.5. The van der Waals surface area contributed by atoms with Gasteiger partial charge in [0.2, 0.25) is 0 Å². The van der Waals surface area contributed by atoms with Gasteiger partial charge in [0.1, 0.15) is 22.9 Å². The van der Waals surface area contributed by atoms with E-state index in [4.69, 9.17) is 21.1 Å². The van der Waals surface area contributed by atoms with Crippen LogP contribution >= 0.6 is 11.6 Å². The second-order valence-corrected chi connectivity index (χ2v) is 6.48. The number of ether oxygens (including phenoxy) is 2. The first-order valence-corrected chi connectivity index (χ1v) is 8.98. The molecule has 1 heterocycles. The molecule has 1 amide bonds. The predicted octanol–water partition coefficient (Wildman–Crippen LogP) is 3.96. The first kappa shape index (κ1) is 20.4. The van der Waals surface area contributed by atoms with Crippen LogP contribution in [0.2, 0.25) is 5.02 Å². The Balaban J connectivity index is 1.90. The molecule has 3 aromatic rings. The summed E-state index contributed by atoms with van der Waals surface area (Å²) in [5.74, 6) is -0.203. The van der Waals surface area contributed by atoms with E-state index in [0.29, 0.717) is 17.2 Å². The number of pyridine rings is 1. The highest BCUT2D eigenvalue weighted by atomic mass is 35.5. The number of methoxy groups -OCH3 is 2. The average Bonchev–Trinajstić information content (AvgIpc) is 2.72. The molecule has 0 aliphatic carbocycles. The lowest BCUT2D eigenvalue weighted by atomic mass is 10.2. The highest BCUT2D eigenvalue weighted by Crippen LogP contribution is 2.29. The minimum absolute atomic E-state index is 0.0992. The maximum atomic E-state index is 14.1. The summed E-state index contributed by atoms with van der Waals surface area (Å²) in [6, 6.07) is 12.1. The molecule has 0 fully saturated rings. The van der Waals surface area contributed by atoms with E-state index in [9.17, 15) is 14.0 Å². The molecule has 0 saturated heterocycles. The van der Waals surface area contributed by atoms with Gasteiger partial charge in [-0.2, -0.15) is 0 Å². The Kier molecular flexibility index (Phi) is 6.19. The number of nitrogens with one attached hydrogen (secondary N) is 1. The van der Waals surface area contributed by atoms with E-state index >= 15 is 0 Å². The first-order chi connectivity index (χ1) is 13.9. The van der Waals surface area contributed by atoms with Gasteiger partial charge in [-0.25, -0.2) is 4.39 Å². The zero-order valence-electron chi connectivity index (χ0n) is 15.7. The van der Waals surface area contributed by atoms with Crippen LogP contribution in [0.3, 0.4) is 0 Å². The maximum absolute atomic E-state index is 14.1. The third kappa shape index (κ3) is 4.41. The van der Waals surface area contributed by atoms with Gasteiger partial charge >= 0.3 is 0 Å². The van der Waals surface area contributed by atoms with Crippen LogP contribution in [0, 0.1) is 5.82 Å². The third-order valence-corrected chi connectivity index (χ3v) is 4.67. The summed E-state index contributed by atoms with van der Waals surface area (Å²) in [6.45, 7) is -0.0999. The van der Waals surface area contributed by atoms with Crippen molar-refractivity contribution in [3.8, 4) is 11.5 Å². The average molecular weight is 417 g/mol. The zero-order chi connectivity index (χ0) is 21.0. The van der Waals surface area contributed by atoms with Gasteiger partial charge in [0, 0.05) is 22.8 Å². The van der Waals surface area contributed by atoms with Crippen LogP contribution in [-0.4, -0.2) is 24.7 Å². The van der Waals surface area contributed by atoms with Gasteiger partial charge in [-0.3, -0.25) is 9.59 Å². The number of carbonyl (C=O) groups is 1. The van der Waals surface area contributed by atoms with Crippen molar-refractivity contribution in [3.63, 3.8) is 0 Å². The van der Waals surface area contributed by atoms with Crippen molar-refractivity contribution < 1.29 is 18.7 Å². The number of benzene rings is 2. The van der Waals surface area contributed by atoms with Crippen LogP contribution < -0.4 is 20.3 Å². The molecule has 0 radical (unpaired) electrons. The summed E-state index contributed by atoms with van der Waals surface area (Å²) in [5, 5.41) is 2.85. The van der Waals surface area contributed by atoms with Crippen molar-refractivity contribution in [2.45, 2.75) is 6.54 Å². The Labute approximate surface area is 171 Å². The molecule has 0 saturated carbocycles. The monoisotopic (exact) mass is 416 g/mol. The summed E-state index contributed by atoms with van der Waals surface area (Å²) in [7, 11) is 2.97. The van der Waals surface area contributed by atoms with Gasteiger partial charge in [0.05, 0.1) is 26.5 Å². The number of halogens is 2. The first-order valence-electron chi connectivity index (χ1n) is 8.60. The number of aromatic nitrogens is 1. The van der Waals surface area contributed by atoms with Gasteiger partial charge in [-0.05, 0) is 36.4 Å². The van der Waals surface area contributed by atoms with E-state index in [1.165, 1.54) is 55.3 Å². The van der Waals surface area contributed by atoms with Crippen molar-refractivity contribution in [3.05, 3.63) is 87.0 Å². The standard InChI is InChI=1S/C21H18ClFN2O4/c1-28-13-8-9-18(19(11-13)29-2)24-20(26)14-5-4-10-25(21(14)27)12-15-16(22)6-3-7-17(15)23/h3-11H,12H2,1-2H3,(H,24,26). The topological polar surface area (TPSA) is 69.6 Å². The Morgan fingerprint density at radius 2 is 1.93 bits per heavy atom. The van der Waals surface area contributed by atoms with Crippen LogP contribution in [0.15, 0.2) is 59.5 Å². The molecule has 0 unspecified atom stereocenters. The number of hydrogen-bond acceptors (Lipinski definition) is 4. The second-order valence-electron chi connectivity index (χ2n) is 6.08. The zero-order valence-corrected chi connectivity index (χ0v) is 16.5. The fourth-order valence-corrected chi connectivity index (χ4v) is 3.00. The molecular formula is C21H18ClFN2O4. The van der Waals surface area contributed by atoms with E-state index < -0.39 is 17.3 Å². The van der Waals surface area contributed by atoms with Crippen LogP contribution in [0.5, 0.6) is 11.5 Å². The molecule has 150 valence electrons. The van der Waals surface area contributed by atoms with E-state index in [1.54, 1.807) is 18.2 Å². The van der Waals surface area contributed by atoms with E-state index in [2.05, 4.69) is 5.32 Å². The van der Waals surface area contributed by atoms with Crippen LogP contribution in [0.1, 0.15) is 15.9 Å². The quantitative estimate of drug-likeness (QED) is 0.660. The van der Waals surface area contributed by atoms with Crippen molar-refractivity contribution in [2.75, 3.05) is 19.5 Å². The predicted molar refractivity (Wildman–Crippen MR) is 109 cm³/mol. The van der Waals surface area contributed by atoms with Crippen LogP contribution in [0.4, 0.5) is 10.1 Å². The Morgan fingerprint density at radius 3 is 2.62 bits per heavy atom. The summed E-state index contributed by atoms with van der Waals surface area (Å²) in [5.41, 5.74) is -0.120. The van der Waals surface area contributed by atoms with E-state index in [1.807, 2.05) is 0 Å². The molecular weight excluding hydrogens is 399 g/mol. The number of nitrogens with zero attached hydrogens (tertiary/aromatic N) is 1. The summed E-state index contributed by atoms with van der Waals surface area (Å²) < 4.78 is 25.7. The van der Waals surface area contributed by atoms with Crippen molar-refractivity contribution >= 4 is 23.2 Å². The molecule has 1 N–H and O–H groups in total. The molecule has 0 atom stereocenters. The fraction of sp³-hybridized carbons (Fsp3) is 0.143. The number of amides is 1. The number of rotatable bonds is 6. The SMILES string of the molecule is COc1ccc(NC(=O)c2cccn(Cc3c(F)cccc3Cl)c2=O)c(OC)c1. The smallest absolute Gasteiger partial charge is 0.263 e. The van der Waals surface area contributed by atoms with Crippen molar-refractivity contribution in [2.24, 2.45) is 0 Å². The highest BCUT2D eigenvalue weighted by Gasteiger charge is 2.16. The lowest BCUT2D eigenvalue weighted by Gasteiger charge is -2.13. The molecule has 0 aliphatic rings. The van der Waals surface area contributed by atoms with Crippen LogP contribution in [0.25, 0.3) is 0 Å². The maximum Gasteiger partial charge on any atom is 0.263 e. The molecule has 29 heavy (non-hydrogen) atoms. The number of anilines is 1. The minimum Gasteiger partial charge on any atom is -0.497 e. The Hall–Kier alpha value is -3.32. The largest absolute Gasteiger partial charge is 0.497 e. The van der Waals surface area contributed by atoms with Crippen molar-refractivity contribution in [1.29, 1.82) is 0 Å². The normalized spacial score (nSPS) is 10.5. The molecule has 2 aromatic carbocycles. The van der Waals surface area contributed by atoms with E-state index in [0.717, 1.165) is 0 Å². The molecule has 8 heteroatoms. The van der Waals surface area contributed by atoms with Crippen LogP contribution in [-0.2, 0) is 6.54 Å². The Bertz CT molecular complexity index is 1090. The summed E-state index contributed by atoms with van der Waals surface area (Å²) >= 11 is 6.04. The molecule has 3 rings (SSSR count). The number of carbonyl (C=O) groups excluding carboxylic acids is 1.